The number of aromatic nitrogens is 4. The van der Waals surface area contributed by atoms with Crippen LogP contribution in [0.1, 0.15) is 40.8 Å². The fourth-order valence-corrected chi connectivity index (χ4v) is 3.49. The van der Waals surface area contributed by atoms with Crippen LogP contribution in [0.4, 0.5) is 0 Å². The number of hydrogen-bond acceptors (Lipinski definition) is 4. The van der Waals surface area contributed by atoms with Crippen molar-refractivity contribution >= 4 is 5.91 Å². The van der Waals surface area contributed by atoms with E-state index < -0.39 is 11.2 Å². The number of rotatable bonds is 2. The molecule has 0 aromatic carbocycles. The Labute approximate surface area is 145 Å². The third-order valence-corrected chi connectivity index (χ3v) is 4.85. The molecule has 2 aromatic heterocycles. The Morgan fingerprint density at radius 1 is 1.20 bits per heavy atom. The highest BCUT2D eigenvalue weighted by Crippen LogP contribution is 2.26. The minimum absolute atomic E-state index is 0.129. The highest BCUT2D eigenvalue weighted by Gasteiger charge is 2.29. The Balaban J connectivity index is 1.90. The Hall–Kier alpha value is -2.64. The van der Waals surface area contributed by atoms with E-state index in [0.717, 1.165) is 28.9 Å². The van der Waals surface area contributed by atoms with Crippen LogP contribution in [-0.4, -0.2) is 42.6 Å². The molecule has 0 spiro atoms. The summed E-state index contributed by atoms with van der Waals surface area (Å²) in [6.45, 7) is 3.10. The predicted molar refractivity (Wildman–Crippen MR) is 92.7 cm³/mol. The van der Waals surface area contributed by atoms with Crippen LogP contribution in [0.2, 0.25) is 0 Å². The maximum atomic E-state index is 12.9. The molecule has 0 N–H and O–H groups in total. The molecule has 0 bridgehead atoms. The molecule has 1 atom stereocenters. The summed E-state index contributed by atoms with van der Waals surface area (Å²) in [6.07, 6.45) is 3.80. The van der Waals surface area contributed by atoms with Gasteiger partial charge in [-0.1, -0.05) is 0 Å². The summed E-state index contributed by atoms with van der Waals surface area (Å²) in [5.41, 5.74) is 0.114. The van der Waals surface area contributed by atoms with E-state index in [1.54, 1.807) is 4.90 Å². The molecule has 3 heterocycles. The number of nitrogens with zero attached hydrogens (tertiary/aromatic N) is 5. The zero-order valence-corrected chi connectivity index (χ0v) is 15.0. The first kappa shape index (κ1) is 17.2. The summed E-state index contributed by atoms with van der Waals surface area (Å²) in [5, 5.41) is 0. The number of hydrogen-bond donors (Lipinski definition) is 0. The number of likely N-dealkylation sites (tertiary alicyclic amines) is 1. The summed E-state index contributed by atoms with van der Waals surface area (Å²) in [7, 11) is 4.87. The van der Waals surface area contributed by atoms with E-state index in [0.29, 0.717) is 13.1 Å². The zero-order valence-electron chi connectivity index (χ0n) is 15.0. The fourth-order valence-electron chi connectivity index (χ4n) is 3.49. The molecular formula is C17H23N5O3. The molecule has 25 heavy (non-hydrogen) atoms. The van der Waals surface area contributed by atoms with Crippen molar-refractivity contribution in [2.75, 3.05) is 13.1 Å². The molecule has 1 fully saturated rings. The van der Waals surface area contributed by atoms with Crippen LogP contribution < -0.4 is 11.2 Å². The molecule has 8 heteroatoms. The van der Waals surface area contributed by atoms with Crippen LogP contribution in [0.5, 0.6) is 0 Å². The lowest BCUT2D eigenvalue weighted by molar-refractivity contribution is 0.0691. The van der Waals surface area contributed by atoms with E-state index >= 15 is 0 Å². The van der Waals surface area contributed by atoms with E-state index in [9.17, 15) is 14.4 Å². The molecule has 0 radical (unpaired) electrons. The summed E-state index contributed by atoms with van der Waals surface area (Å²) >= 11 is 0. The maximum Gasteiger partial charge on any atom is 0.331 e. The van der Waals surface area contributed by atoms with Crippen molar-refractivity contribution in [3.05, 3.63) is 50.3 Å². The monoisotopic (exact) mass is 345 g/mol. The van der Waals surface area contributed by atoms with Crippen molar-refractivity contribution < 1.29 is 4.79 Å². The molecule has 2 aromatic rings. The fraction of sp³-hybridized carbons (Fsp3) is 0.529. The molecular weight excluding hydrogens is 322 g/mol. The first-order chi connectivity index (χ1) is 11.8. The average Bonchev–Trinajstić information content (AvgIpc) is 2.94. The largest absolute Gasteiger partial charge is 0.337 e. The second-order valence-electron chi connectivity index (χ2n) is 6.71. The van der Waals surface area contributed by atoms with Crippen molar-refractivity contribution in [1.82, 2.24) is 23.6 Å². The molecule has 8 nitrogen and oxygen atoms in total. The van der Waals surface area contributed by atoms with E-state index in [4.69, 9.17) is 0 Å². The number of aryl methyl sites for hydroxylation is 2. The summed E-state index contributed by atoms with van der Waals surface area (Å²) < 4.78 is 4.23. The number of carbonyl (C=O) groups is 1. The van der Waals surface area contributed by atoms with Gasteiger partial charge in [0.25, 0.3) is 11.5 Å². The molecule has 0 saturated carbocycles. The van der Waals surface area contributed by atoms with E-state index in [1.165, 1.54) is 24.7 Å². The van der Waals surface area contributed by atoms with Crippen LogP contribution in [0, 0.1) is 6.92 Å². The van der Waals surface area contributed by atoms with Crippen LogP contribution in [0.15, 0.2) is 21.9 Å². The van der Waals surface area contributed by atoms with Gasteiger partial charge in [-0.15, -0.1) is 0 Å². The van der Waals surface area contributed by atoms with Gasteiger partial charge in [0.2, 0.25) is 0 Å². The number of piperidine rings is 1. The molecule has 1 amide bonds. The van der Waals surface area contributed by atoms with Gasteiger partial charge in [0, 0.05) is 52.4 Å². The molecule has 1 aliphatic heterocycles. The van der Waals surface area contributed by atoms with Gasteiger partial charge in [-0.25, -0.2) is 9.78 Å². The van der Waals surface area contributed by atoms with Crippen LogP contribution >= 0.6 is 0 Å². The summed E-state index contributed by atoms with van der Waals surface area (Å²) in [4.78, 5) is 43.2. The second-order valence-corrected chi connectivity index (χ2v) is 6.71. The van der Waals surface area contributed by atoms with Crippen molar-refractivity contribution in [3.63, 3.8) is 0 Å². The highest BCUT2D eigenvalue weighted by molar-refractivity contribution is 5.92. The minimum atomic E-state index is -0.496. The highest BCUT2D eigenvalue weighted by atomic mass is 16.2. The molecule has 0 aliphatic carbocycles. The van der Waals surface area contributed by atoms with Gasteiger partial charge in [-0.3, -0.25) is 18.7 Å². The van der Waals surface area contributed by atoms with Crippen LogP contribution in [-0.2, 0) is 21.1 Å². The van der Waals surface area contributed by atoms with Gasteiger partial charge in [0.15, 0.2) is 0 Å². The van der Waals surface area contributed by atoms with E-state index in [1.807, 2.05) is 24.7 Å². The van der Waals surface area contributed by atoms with Crippen molar-refractivity contribution in [2.45, 2.75) is 25.7 Å². The van der Waals surface area contributed by atoms with Gasteiger partial charge in [0.05, 0.1) is 5.69 Å². The van der Waals surface area contributed by atoms with Gasteiger partial charge in [0.1, 0.15) is 11.5 Å². The van der Waals surface area contributed by atoms with Crippen LogP contribution in [0.25, 0.3) is 0 Å². The molecule has 0 unspecified atom stereocenters. The van der Waals surface area contributed by atoms with Gasteiger partial charge in [-0.2, -0.15) is 0 Å². The second kappa shape index (κ2) is 6.34. The number of amides is 1. The lowest BCUT2D eigenvalue weighted by Gasteiger charge is -2.32. The summed E-state index contributed by atoms with van der Waals surface area (Å²) in [6, 6.07) is 1.23. The Morgan fingerprint density at radius 3 is 2.56 bits per heavy atom. The zero-order chi connectivity index (χ0) is 18.3. The third kappa shape index (κ3) is 3.04. The van der Waals surface area contributed by atoms with Crippen molar-refractivity contribution in [3.8, 4) is 0 Å². The van der Waals surface area contributed by atoms with E-state index in [-0.39, 0.29) is 17.5 Å². The van der Waals surface area contributed by atoms with E-state index in [2.05, 4.69) is 4.98 Å². The van der Waals surface area contributed by atoms with Gasteiger partial charge >= 0.3 is 5.69 Å². The smallest absolute Gasteiger partial charge is 0.331 e. The SMILES string of the molecule is Cc1cn(C)c([C@H]2CCCN(C(=O)c3cc(=O)n(C)c(=O)n3C)C2)n1. The summed E-state index contributed by atoms with van der Waals surface area (Å²) in [5.74, 6) is 0.834. The third-order valence-electron chi connectivity index (χ3n) is 4.85. The molecule has 1 saturated heterocycles. The average molecular weight is 345 g/mol. The Morgan fingerprint density at radius 2 is 1.92 bits per heavy atom. The lowest BCUT2D eigenvalue weighted by atomic mass is 9.97. The Kier molecular flexibility index (Phi) is 4.36. The molecule has 1 aliphatic rings. The standard InChI is InChI=1S/C17H23N5O3/c1-11-9-19(2)15(18-11)12-6-5-7-22(10-12)16(24)13-8-14(23)21(4)17(25)20(13)3/h8-9,12H,5-7,10H2,1-4H3/t12-/m0/s1. The van der Waals surface area contributed by atoms with Gasteiger partial charge in [-0.05, 0) is 19.8 Å². The van der Waals surface area contributed by atoms with Crippen molar-refractivity contribution in [1.29, 1.82) is 0 Å². The first-order valence-electron chi connectivity index (χ1n) is 8.35. The lowest BCUT2D eigenvalue weighted by Crippen LogP contribution is -2.45. The number of carbonyl (C=O) groups excluding carboxylic acids is 1. The normalized spacial score (nSPS) is 17.8. The number of imidazole rings is 1. The topological polar surface area (TPSA) is 82.1 Å². The molecule has 3 rings (SSSR count). The Bertz CT molecular complexity index is 937. The van der Waals surface area contributed by atoms with Crippen molar-refractivity contribution in [2.24, 2.45) is 21.1 Å². The predicted octanol–water partition coefficient (Wildman–Crippen LogP) is 0.146. The minimum Gasteiger partial charge on any atom is -0.337 e. The maximum absolute atomic E-state index is 12.9. The molecule has 134 valence electrons. The van der Waals surface area contributed by atoms with Gasteiger partial charge < -0.3 is 9.47 Å². The van der Waals surface area contributed by atoms with Crippen LogP contribution in [0.3, 0.4) is 0 Å². The first-order valence-corrected chi connectivity index (χ1v) is 8.35. The quantitative estimate of drug-likeness (QED) is 0.776.